The molecule has 1 aliphatic rings. The number of thiophene rings is 1. The third-order valence-electron chi connectivity index (χ3n) is 6.41. The van der Waals surface area contributed by atoms with Crippen LogP contribution in [-0.4, -0.2) is 41.1 Å². The Morgan fingerprint density at radius 3 is 2.51 bits per heavy atom. The third-order valence-corrected chi connectivity index (χ3v) is 7.77. The van der Waals surface area contributed by atoms with Gasteiger partial charge in [-0.05, 0) is 50.1 Å². The SMILES string of the molecule is Cc1ccccc1Nc1sc2c(-c3ccc(Cl)cc3)c(C#N)c(N)nc2c1C(=O)N1CC(C)OC(C)C1. The van der Waals surface area contributed by atoms with Crippen LogP contribution in [0.2, 0.25) is 5.02 Å². The molecule has 9 heteroatoms. The van der Waals surface area contributed by atoms with E-state index in [0.29, 0.717) is 44.5 Å². The zero-order valence-electron chi connectivity index (χ0n) is 20.7. The number of nitrogens with two attached hydrogens (primary N) is 1. The molecule has 1 fully saturated rings. The van der Waals surface area contributed by atoms with Crippen LogP contribution in [0.5, 0.6) is 0 Å². The Kier molecular flexibility index (Phi) is 6.78. The molecule has 188 valence electrons. The van der Waals surface area contributed by atoms with Gasteiger partial charge in [0.05, 0.1) is 22.4 Å². The molecule has 5 rings (SSSR count). The zero-order chi connectivity index (χ0) is 26.3. The Morgan fingerprint density at radius 1 is 1.19 bits per heavy atom. The average Bonchev–Trinajstić information content (AvgIpc) is 3.21. The smallest absolute Gasteiger partial charge is 0.259 e. The third kappa shape index (κ3) is 4.74. The van der Waals surface area contributed by atoms with Gasteiger partial charge in [0.25, 0.3) is 5.91 Å². The van der Waals surface area contributed by atoms with Gasteiger partial charge >= 0.3 is 0 Å². The van der Waals surface area contributed by atoms with E-state index >= 15 is 0 Å². The van der Waals surface area contributed by atoms with Crippen molar-refractivity contribution in [2.45, 2.75) is 33.0 Å². The lowest BCUT2D eigenvalue weighted by Crippen LogP contribution is -2.48. The summed E-state index contributed by atoms with van der Waals surface area (Å²) in [6.45, 7) is 6.87. The number of anilines is 3. The molecule has 1 amide bonds. The maximum atomic E-state index is 14.1. The molecule has 0 aliphatic carbocycles. The van der Waals surface area contributed by atoms with Crippen LogP contribution in [0.3, 0.4) is 0 Å². The Morgan fingerprint density at radius 2 is 1.86 bits per heavy atom. The summed E-state index contributed by atoms with van der Waals surface area (Å²) in [5.41, 5.74) is 10.8. The van der Waals surface area contributed by atoms with Crippen molar-refractivity contribution >= 4 is 55.6 Å². The molecule has 0 spiro atoms. The van der Waals surface area contributed by atoms with Crippen molar-refractivity contribution in [3.63, 3.8) is 0 Å². The summed E-state index contributed by atoms with van der Waals surface area (Å²) in [7, 11) is 0. The van der Waals surface area contributed by atoms with E-state index in [2.05, 4.69) is 16.4 Å². The number of hydrogen-bond donors (Lipinski definition) is 2. The number of aryl methyl sites for hydroxylation is 1. The van der Waals surface area contributed by atoms with Gasteiger partial charge in [-0.25, -0.2) is 4.98 Å². The monoisotopic (exact) mass is 531 g/mol. The number of nitriles is 1. The van der Waals surface area contributed by atoms with Crippen LogP contribution in [0.15, 0.2) is 48.5 Å². The van der Waals surface area contributed by atoms with Crippen LogP contribution in [0, 0.1) is 18.3 Å². The number of benzene rings is 2. The fraction of sp³-hybridized carbons (Fsp3) is 0.250. The van der Waals surface area contributed by atoms with Crippen LogP contribution >= 0.6 is 22.9 Å². The number of carbonyl (C=O) groups excluding carboxylic acids is 1. The number of rotatable bonds is 4. The molecule has 1 saturated heterocycles. The molecule has 3 N–H and O–H groups in total. The van der Waals surface area contributed by atoms with Gasteiger partial charge in [0.15, 0.2) is 0 Å². The molecule has 0 saturated carbocycles. The lowest BCUT2D eigenvalue weighted by atomic mass is 9.99. The van der Waals surface area contributed by atoms with Crippen molar-refractivity contribution in [1.82, 2.24) is 9.88 Å². The molecule has 2 aromatic carbocycles. The first-order valence-electron chi connectivity index (χ1n) is 12.0. The number of halogens is 1. The van der Waals surface area contributed by atoms with E-state index in [1.54, 1.807) is 17.0 Å². The number of nitrogens with one attached hydrogen (secondary N) is 1. The number of para-hydroxylation sites is 1. The summed E-state index contributed by atoms with van der Waals surface area (Å²) < 4.78 is 6.57. The molecule has 2 atom stereocenters. The van der Waals surface area contributed by atoms with Crippen LogP contribution < -0.4 is 11.1 Å². The average molecular weight is 532 g/mol. The molecular formula is C28H26ClN5O2S. The van der Waals surface area contributed by atoms with Crippen molar-refractivity contribution in [3.8, 4) is 17.2 Å². The second-order valence-electron chi connectivity index (χ2n) is 9.26. The largest absolute Gasteiger partial charge is 0.383 e. The Balaban J connectivity index is 1.77. The molecule has 2 unspecified atom stereocenters. The van der Waals surface area contributed by atoms with Crippen LogP contribution in [0.4, 0.5) is 16.5 Å². The fourth-order valence-electron chi connectivity index (χ4n) is 4.75. The van der Waals surface area contributed by atoms with E-state index in [0.717, 1.165) is 16.8 Å². The van der Waals surface area contributed by atoms with Gasteiger partial charge in [0.2, 0.25) is 0 Å². The number of nitrogens with zero attached hydrogens (tertiary/aromatic N) is 3. The summed E-state index contributed by atoms with van der Waals surface area (Å²) in [5.74, 6) is -0.0686. The maximum absolute atomic E-state index is 14.1. The van der Waals surface area contributed by atoms with Crippen LogP contribution in [0.1, 0.15) is 35.3 Å². The fourth-order valence-corrected chi connectivity index (χ4v) is 6.09. The number of carbonyl (C=O) groups is 1. The number of pyridine rings is 1. The van der Waals surface area contributed by atoms with Crippen molar-refractivity contribution < 1.29 is 9.53 Å². The Bertz CT molecular complexity index is 1530. The predicted molar refractivity (Wildman–Crippen MR) is 150 cm³/mol. The first-order chi connectivity index (χ1) is 17.8. The number of hydrogen-bond acceptors (Lipinski definition) is 7. The minimum atomic E-state index is -0.150. The predicted octanol–water partition coefficient (Wildman–Crippen LogP) is 6.37. The normalized spacial score (nSPS) is 17.5. The topological polar surface area (TPSA) is 104 Å². The number of morpholine rings is 1. The number of amides is 1. The second kappa shape index (κ2) is 10.0. The highest BCUT2D eigenvalue weighted by molar-refractivity contribution is 7.24. The number of nitrogen functional groups attached to an aromatic ring is 1. The van der Waals surface area contributed by atoms with Crippen molar-refractivity contribution in [2.75, 3.05) is 24.1 Å². The summed E-state index contributed by atoms with van der Waals surface area (Å²) in [6.07, 6.45) is -0.170. The molecule has 0 radical (unpaired) electrons. The highest BCUT2D eigenvalue weighted by Crippen LogP contribution is 2.45. The van der Waals surface area contributed by atoms with Crippen molar-refractivity contribution in [1.29, 1.82) is 5.26 Å². The number of aromatic nitrogens is 1. The van der Waals surface area contributed by atoms with Crippen molar-refractivity contribution in [2.24, 2.45) is 0 Å². The Hall–Kier alpha value is -3.64. The van der Waals surface area contributed by atoms with Crippen LogP contribution in [-0.2, 0) is 4.74 Å². The molecule has 2 aromatic heterocycles. The van der Waals surface area contributed by atoms with Gasteiger partial charge < -0.3 is 20.7 Å². The lowest BCUT2D eigenvalue weighted by Gasteiger charge is -2.35. The minimum absolute atomic E-state index is 0.0814. The molecule has 0 bridgehead atoms. The summed E-state index contributed by atoms with van der Waals surface area (Å²) in [6, 6.07) is 17.3. The molecule has 1 aliphatic heterocycles. The molecule has 37 heavy (non-hydrogen) atoms. The lowest BCUT2D eigenvalue weighted by molar-refractivity contribution is -0.0585. The number of fused-ring (bicyclic) bond motifs is 1. The van der Waals surface area contributed by atoms with E-state index in [-0.39, 0.29) is 29.5 Å². The highest BCUT2D eigenvalue weighted by atomic mass is 35.5. The first-order valence-corrected chi connectivity index (χ1v) is 13.2. The summed E-state index contributed by atoms with van der Waals surface area (Å²) in [4.78, 5) is 20.5. The van der Waals surface area contributed by atoms with Gasteiger partial charge in [-0.3, -0.25) is 4.79 Å². The zero-order valence-corrected chi connectivity index (χ0v) is 22.3. The van der Waals surface area contributed by atoms with E-state index in [1.165, 1.54) is 11.3 Å². The van der Waals surface area contributed by atoms with Crippen LogP contribution in [0.25, 0.3) is 21.3 Å². The first kappa shape index (κ1) is 25.0. The van der Waals surface area contributed by atoms with Gasteiger partial charge in [-0.2, -0.15) is 5.26 Å². The molecule has 7 nitrogen and oxygen atoms in total. The molecule has 4 aromatic rings. The van der Waals surface area contributed by atoms with Gasteiger partial charge in [0.1, 0.15) is 28.0 Å². The Labute approximate surface area is 224 Å². The minimum Gasteiger partial charge on any atom is -0.383 e. The maximum Gasteiger partial charge on any atom is 0.259 e. The quantitative estimate of drug-likeness (QED) is 0.317. The van der Waals surface area contributed by atoms with E-state index in [9.17, 15) is 10.1 Å². The highest BCUT2D eigenvalue weighted by Gasteiger charge is 2.32. The van der Waals surface area contributed by atoms with E-state index < -0.39 is 0 Å². The molecular weight excluding hydrogens is 506 g/mol. The van der Waals surface area contributed by atoms with Gasteiger partial charge in [0, 0.05) is 29.4 Å². The van der Waals surface area contributed by atoms with Crippen molar-refractivity contribution in [3.05, 3.63) is 70.2 Å². The summed E-state index contributed by atoms with van der Waals surface area (Å²) >= 11 is 7.53. The summed E-state index contributed by atoms with van der Waals surface area (Å²) in [5, 5.41) is 14.7. The number of ether oxygens (including phenoxy) is 1. The standard InChI is InChI=1S/C28H26ClN5O2S/c1-15-6-4-5-7-21(15)32-27-23(28(35)34-13-16(2)36-17(3)14-34)24-25(37-27)22(20(12-30)26(31)33-24)18-8-10-19(29)11-9-18/h4-11,16-17,32H,13-14H2,1-3H3,(H2,31,33). The van der Waals surface area contributed by atoms with E-state index in [4.69, 9.17) is 22.1 Å². The van der Waals surface area contributed by atoms with Gasteiger partial charge in [-0.15, -0.1) is 11.3 Å². The second-order valence-corrected chi connectivity index (χ2v) is 10.7. The van der Waals surface area contributed by atoms with E-state index in [1.807, 2.05) is 57.2 Å². The molecule has 3 heterocycles. The van der Waals surface area contributed by atoms with Gasteiger partial charge in [-0.1, -0.05) is 41.9 Å².